The quantitative estimate of drug-likeness (QED) is 0.235. The highest BCUT2D eigenvalue weighted by Crippen LogP contribution is 2.39. The molecule has 38 heavy (non-hydrogen) atoms. The molecule has 1 heterocycles. The van der Waals surface area contributed by atoms with Crippen molar-refractivity contribution in [3.8, 4) is 34.0 Å². The second-order valence-electron chi connectivity index (χ2n) is 8.83. The fourth-order valence-electron chi connectivity index (χ4n) is 4.45. The van der Waals surface area contributed by atoms with Crippen molar-refractivity contribution in [3.05, 3.63) is 99.1 Å². The third-order valence-corrected chi connectivity index (χ3v) is 7.02. The second kappa shape index (κ2) is 11.8. The molecule has 0 aliphatic rings. The van der Waals surface area contributed by atoms with E-state index in [1.807, 2.05) is 56.3 Å². The number of pyridine rings is 1. The molecule has 4 aromatic rings. The summed E-state index contributed by atoms with van der Waals surface area (Å²) in [5, 5.41) is 19.6. The Morgan fingerprint density at radius 3 is 2.32 bits per heavy atom. The summed E-state index contributed by atoms with van der Waals surface area (Å²) in [5.74, 6) is 0.352. The van der Waals surface area contributed by atoms with Crippen molar-refractivity contribution in [3.63, 3.8) is 0 Å². The van der Waals surface area contributed by atoms with Crippen LogP contribution in [0.25, 0.3) is 34.3 Å². The monoisotopic (exact) mass is 533 g/mol. The van der Waals surface area contributed by atoms with Gasteiger partial charge in [-0.2, -0.15) is 0 Å². The maximum Gasteiger partial charge on any atom is 0.219 e. The average molecular weight is 534 g/mol. The van der Waals surface area contributed by atoms with E-state index < -0.39 is 5.83 Å². The van der Waals surface area contributed by atoms with Crippen molar-refractivity contribution in [2.75, 3.05) is 14.2 Å². The number of aliphatic hydroxyl groups excluding tert-OH is 2. The Bertz CT molecular complexity index is 1520. The predicted molar refractivity (Wildman–Crippen MR) is 150 cm³/mol. The summed E-state index contributed by atoms with van der Waals surface area (Å²) >= 11 is 6.93. The van der Waals surface area contributed by atoms with Crippen LogP contribution in [0.2, 0.25) is 5.02 Å². The molecule has 0 bridgehead atoms. The minimum atomic E-state index is -0.427. The summed E-state index contributed by atoms with van der Waals surface area (Å²) in [4.78, 5) is 4.58. The lowest BCUT2D eigenvalue weighted by atomic mass is 9.93. The molecule has 0 fully saturated rings. The van der Waals surface area contributed by atoms with Crippen molar-refractivity contribution in [1.82, 2.24) is 4.98 Å². The summed E-state index contributed by atoms with van der Waals surface area (Å²) in [6, 6.07) is 18.1. The van der Waals surface area contributed by atoms with Crippen LogP contribution in [-0.4, -0.2) is 29.4 Å². The number of methoxy groups -OCH3 is 2. The Labute approximate surface area is 226 Å². The summed E-state index contributed by atoms with van der Waals surface area (Å²) in [5.41, 5.74) is 6.98. The van der Waals surface area contributed by atoms with Crippen LogP contribution in [0.15, 0.2) is 60.7 Å². The molecule has 0 aliphatic carbocycles. The number of hydrogen-bond donors (Lipinski definition) is 2. The zero-order valence-electron chi connectivity index (χ0n) is 21.7. The Balaban J connectivity index is 1.77. The molecular weight excluding hydrogens is 505 g/mol. The highest BCUT2D eigenvalue weighted by molar-refractivity contribution is 6.36. The smallest absolute Gasteiger partial charge is 0.219 e. The van der Waals surface area contributed by atoms with Gasteiger partial charge in [-0.05, 0) is 54.3 Å². The van der Waals surface area contributed by atoms with E-state index in [2.05, 4.69) is 4.98 Å². The van der Waals surface area contributed by atoms with E-state index in [-0.39, 0.29) is 13.2 Å². The lowest BCUT2D eigenvalue weighted by Crippen LogP contribution is -2.00. The standard InChI is InChI=1S/C31H29ClFNO4/c1-18-13-28(34-31(38-4)26(18)17-36)25-10-6-9-24(30(25)32)23-8-5-7-20(19(23)2)14-27(33)21-11-12-22(16-35)29(15-21)37-3/h5-15,35-36H,16-17H2,1-4H3/b27-14-. The molecule has 0 aliphatic heterocycles. The zero-order chi connectivity index (χ0) is 27.4. The maximum absolute atomic E-state index is 15.3. The second-order valence-corrected chi connectivity index (χ2v) is 9.21. The van der Waals surface area contributed by atoms with Gasteiger partial charge in [0.2, 0.25) is 5.88 Å². The van der Waals surface area contributed by atoms with Gasteiger partial charge in [-0.15, -0.1) is 0 Å². The van der Waals surface area contributed by atoms with E-state index in [4.69, 9.17) is 21.1 Å². The number of aliphatic hydroxyl groups is 2. The summed E-state index contributed by atoms with van der Waals surface area (Å²) in [6.07, 6.45) is 1.48. The molecular formula is C31H29ClFNO4. The SMILES string of the molecule is COc1cc(/C(F)=C/c2cccc(-c3cccc(-c4cc(C)c(CO)c(OC)n4)c3Cl)c2C)ccc1CO. The Morgan fingerprint density at radius 1 is 0.921 bits per heavy atom. The zero-order valence-corrected chi connectivity index (χ0v) is 22.4. The van der Waals surface area contributed by atoms with E-state index in [1.54, 1.807) is 18.2 Å². The Kier molecular flexibility index (Phi) is 8.47. The van der Waals surface area contributed by atoms with Crippen LogP contribution in [0, 0.1) is 13.8 Å². The number of nitrogens with zero attached hydrogens (tertiary/aromatic N) is 1. The minimum Gasteiger partial charge on any atom is -0.496 e. The molecule has 0 amide bonds. The van der Waals surface area contributed by atoms with Crippen molar-refractivity contribution in [2.24, 2.45) is 0 Å². The topological polar surface area (TPSA) is 71.8 Å². The maximum atomic E-state index is 15.3. The van der Waals surface area contributed by atoms with Crippen LogP contribution in [0.5, 0.6) is 11.6 Å². The average Bonchev–Trinajstić information content (AvgIpc) is 2.93. The summed E-state index contributed by atoms with van der Waals surface area (Å²) < 4.78 is 26.0. The van der Waals surface area contributed by atoms with Gasteiger partial charge in [0, 0.05) is 27.8 Å². The number of benzene rings is 3. The first-order chi connectivity index (χ1) is 18.3. The van der Waals surface area contributed by atoms with Crippen LogP contribution in [0.3, 0.4) is 0 Å². The number of rotatable bonds is 8. The van der Waals surface area contributed by atoms with Gasteiger partial charge in [0.05, 0.1) is 38.1 Å². The summed E-state index contributed by atoms with van der Waals surface area (Å²) in [6.45, 7) is 3.44. The number of hydrogen-bond acceptors (Lipinski definition) is 5. The first kappa shape index (κ1) is 27.3. The van der Waals surface area contributed by atoms with Gasteiger partial charge >= 0.3 is 0 Å². The molecule has 0 saturated carbocycles. The fraction of sp³-hybridized carbons (Fsp3) is 0.194. The lowest BCUT2D eigenvalue weighted by Gasteiger charge is -2.15. The predicted octanol–water partition coefficient (Wildman–Crippen LogP) is 7.16. The lowest BCUT2D eigenvalue weighted by molar-refractivity contribution is 0.270. The van der Waals surface area contributed by atoms with Gasteiger partial charge in [0.15, 0.2) is 0 Å². The van der Waals surface area contributed by atoms with E-state index in [1.165, 1.54) is 20.3 Å². The molecule has 0 saturated heterocycles. The van der Waals surface area contributed by atoms with E-state index in [9.17, 15) is 10.2 Å². The molecule has 0 atom stereocenters. The Morgan fingerprint density at radius 2 is 1.63 bits per heavy atom. The highest BCUT2D eigenvalue weighted by Gasteiger charge is 2.17. The molecule has 3 aromatic carbocycles. The molecule has 196 valence electrons. The molecule has 1 aromatic heterocycles. The van der Waals surface area contributed by atoms with Gasteiger partial charge in [-0.1, -0.05) is 60.1 Å². The largest absolute Gasteiger partial charge is 0.496 e. The normalized spacial score (nSPS) is 11.5. The van der Waals surface area contributed by atoms with Gasteiger partial charge in [-0.25, -0.2) is 9.37 Å². The number of halogens is 2. The molecule has 5 nitrogen and oxygen atoms in total. The van der Waals surface area contributed by atoms with Crippen LogP contribution < -0.4 is 9.47 Å². The van der Waals surface area contributed by atoms with Crippen LogP contribution in [-0.2, 0) is 13.2 Å². The van der Waals surface area contributed by atoms with Crippen LogP contribution >= 0.6 is 11.6 Å². The highest BCUT2D eigenvalue weighted by atomic mass is 35.5. The van der Waals surface area contributed by atoms with Gasteiger partial charge in [0.1, 0.15) is 11.6 Å². The first-order valence-electron chi connectivity index (χ1n) is 12.0. The number of aryl methyl sites for hydroxylation is 1. The van der Waals surface area contributed by atoms with Crippen molar-refractivity contribution in [2.45, 2.75) is 27.1 Å². The molecule has 0 spiro atoms. The van der Waals surface area contributed by atoms with Gasteiger partial charge < -0.3 is 19.7 Å². The van der Waals surface area contributed by atoms with Gasteiger partial charge in [-0.3, -0.25) is 0 Å². The fourth-order valence-corrected chi connectivity index (χ4v) is 4.78. The Hall–Kier alpha value is -3.71. The van der Waals surface area contributed by atoms with Crippen molar-refractivity contribution < 1.29 is 24.1 Å². The molecule has 0 unspecified atom stereocenters. The minimum absolute atomic E-state index is 0.176. The first-order valence-corrected chi connectivity index (χ1v) is 12.4. The third kappa shape index (κ3) is 5.29. The molecule has 0 radical (unpaired) electrons. The number of ether oxygens (including phenoxy) is 2. The summed E-state index contributed by atoms with van der Waals surface area (Å²) in [7, 11) is 3.00. The van der Waals surface area contributed by atoms with E-state index in [0.717, 1.165) is 27.8 Å². The van der Waals surface area contributed by atoms with Crippen LogP contribution in [0.1, 0.15) is 33.4 Å². The van der Waals surface area contributed by atoms with Crippen molar-refractivity contribution >= 4 is 23.5 Å². The molecule has 4 rings (SSSR count). The van der Waals surface area contributed by atoms with E-state index >= 15 is 4.39 Å². The molecule has 7 heteroatoms. The third-order valence-electron chi connectivity index (χ3n) is 6.62. The van der Waals surface area contributed by atoms with Gasteiger partial charge in [0.25, 0.3) is 0 Å². The molecule has 2 N–H and O–H groups in total. The van der Waals surface area contributed by atoms with Crippen molar-refractivity contribution in [1.29, 1.82) is 0 Å². The van der Waals surface area contributed by atoms with E-state index in [0.29, 0.717) is 44.6 Å². The number of aromatic nitrogens is 1. The van der Waals surface area contributed by atoms with Crippen LogP contribution in [0.4, 0.5) is 4.39 Å².